The predicted octanol–water partition coefficient (Wildman–Crippen LogP) is 2.00. The van der Waals surface area contributed by atoms with Crippen LogP contribution in [0.5, 0.6) is 0 Å². The Bertz CT molecular complexity index is 395. The molecule has 0 heterocycles. The van der Waals surface area contributed by atoms with Crippen LogP contribution in [0.25, 0.3) is 0 Å². The molecule has 5 heteroatoms. The van der Waals surface area contributed by atoms with Gasteiger partial charge in [0.1, 0.15) is 11.7 Å². The van der Waals surface area contributed by atoms with Gasteiger partial charge in [0.2, 0.25) is 0 Å². The number of amidine groups is 1. The molecule has 0 aromatic heterocycles. The Balaban J connectivity index is 2.60. The monoisotopic (exact) mass is 239 g/mol. The van der Waals surface area contributed by atoms with E-state index in [4.69, 9.17) is 10.9 Å². The van der Waals surface area contributed by atoms with Gasteiger partial charge in [-0.25, -0.2) is 4.39 Å². The van der Waals surface area contributed by atoms with Gasteiger partial charge in [0.05, 0.1) is 0 Å². The van der Waals surface area contributed by atoms with Crippen molar-refractivity contribution in [2.75, 3.05) is 0 Å². The van der Waals surface area contributed by atoms with E-state index in [2.05, 4.69) is 10.5 Å². The van der Waals surface area contributed by atoms with Gasteiger partial charge in [-0.15, -0.1) is 0 Å². The second-order valence-corrected chi connectivity index (χ2v) is 4.11. The first-order valence-corrected chi connectivity index (χ1v) is 5.51. The molecule has 0 saturated carbocycles. The zero-order valence-electron chi connectivity index (χ0n) is 10.0. The van der Waals surface area contributed by atoms with Crippen molar-refractivity contribution >= 4 is 5.84 Å². The molecule has 1 rings (SSSR count). The van der Waals surface area contributed by atoms with Crippen molar-refractivity contribution < 1.29 is 9.60 Å². The molecule has 1 aromatic rings. The molecule has 0 saturated heterocycles. The summed E-state index contributed by atoms with van der Waals surface area (Å²) in [5.41, 5.74) is 6.01. The van der Waals surface area contributed by atoms with Crippen molar-refractivity contribution in [1.82, 2.24) is 5.32 Å². The van der Waals surface area contributed by atoms with Gasteiger partial charge in [-0.3, -0.25) is 0 Å². The molecule has 17 heavy (non-hydrogen) atoms. The van der Waals surface area contributed by atoms with Gasteiger partial charge in [0.25, 0.3) is 0 Å². The van der Waals surface area contributed by atoms with E-state index in [0.29, 0.717) is 12.0 Å². The molecule has 4 N–H and O–H groups in total. The van der Waals surface area contributed by atoms with E-state index >= 15 is 0 Å². The van der Waals surface area contributed by atoms with Gasteiger partial charge in [0, 0.05) is 24.1 Å². The van der Waals surface area contributed by atoms with E-state index in [-0.39, 0.29) is 23.7 Å². The smallest absolute Gasteiger partial charge is 0.140 e. The SMILES string of the molecule is CC(C/C(N)=N/O)N[C@H](C)c1ccccc1F. The number of benzene rings is 1. The van der Waals surface area contributed by atoms with Crippen LogP contribution in [0.15, 0.2) is 29.4 Å². The molecule has 0 aliphatic carbocycles. The average Bonchev–Trinajstić information content (AvgIpc) is 2.29. The van der Waals surface area contributed by atoms with E-state index in [0.717, 1.165) is 0 Å². The molecular formula is C12H18FN3O. The summed E-state index contributed by atoms with van der Waals surface area (Å²) in [4.78, 5) is 0. The Morgan fingerprint density at radius 1 is 1.47 bits per heavy atom. The van der Waals surface area contributed by atoms with Gasteiger partial charge in [0.15, 0.2) is 0 Å². The van der Waals surface area contributed by atoms with Crippen LogP contribution in [0.3, 0.4) is 0 Å². The molecule has 94 valence electrons. The number of rotatable bonds is 5. The molecule has 0 spiro atoms. The van der Waals surface area contributed by atoms with Crippen molar-refractivity contribution in [3.05, 3.63) is 35.6 Å². The van der Waals surface area contributed by atoms with Crippen LogP contribution in [-0.2, 0) is 0 Å². The lowest BCUT2D eigenvalue weighted by molar-refractivity contribution is 0.315. The molecular weight excluding hydrogens is 221 g/mol. The van der Waals surface area contributed by atoms with Gasteiger partial charge < -0.3 is 16.3 Å². The molecule has 0 aliphatic heterocycles. The van der Waals surface area contributed by atoms with Gasteiger partial charge in [-0.1, -0.05) is 23.4 Å². The molecule has 1 unspecified atom stereocenters. The maximum atomic E-state index is 13.5. The third-order valence-electron chi connectivity index (χ3n) is 2.55. The van der Waals surface area contributed by atoms with E-state index in [1.165, 1.54) is 6.07 Å². The first-order valence-electron chi connectivity index (χ1n) is 5.51. The van der Waals surface area contributed by atoms with Gasteiger partial charge in [-0.2, -0.15) is 0 Å². The summed E-state index contributed by atoms with van der Waals surface area (Å²) in [5, 5.41) is 14.6. The summed E-state index contributed by atoms with van der Waals surface area (Å²) in [6, 6.07) is 6.50. The van der Waals surface area contributed by atoms with Crippen molar-refractivity contribution in [3.8, 4) is 0 Å². The minimum absolute atomic E-state index is 0.000469. The highest BCUT2D eigenvalue weighted by molar-refractivity contribution is 5.80. The van der Waals surface area contributed by atoms with Crippen molar-refractivity contribution in [1.29, 1.82) is 0 Å². The Hall–Kier alpha value is -1.62. The van der Waals surface area contributed by atoms with Crippen molar-refractivity contribution in [2.24, 2.45) is 10.9 Å². The lowest BCUT2D eigenvalue weighted by atomic mass is 10.1. The number of nitrogens with one attached hydrogen (secondary N) is 1. The van der Waals surface area contributed by atoms with Crippen molar-refractivity contribution in [3.63, 3.8) is 0 Å². The fraction of sp³-hybridized carbons (Fsp3) is 0.417. The minimum Gasteiger partial charge on any atom is -0.409 e. The first-order chi connectivity index (χ1) is 8.04. The van der Waals surface area contributed by atoms with Crippen LogP contribution in [0.2, 0.25) is 0 Å². The van der Waals surface area contributed by atoms with Crippen molar-refractivity contribution in [2.45, 2.75) is 32.4 Å². The molecule has 2 atom stereocenters. The average molecular weight is 239 g/mol. The highest BCUT2D eigenvalue weighted by Crippen LogP contribution is 2.16. The maximum Gasteiger partial charge on any atom is 0.140 e. The number of nitrogens with two attached hydrogens (primary N) is 1. The standard InChI is InChI=1S/C12H18FN3O/c1-8(7-12(14)16-17)15-9(2)10-5-3-4-6-11(10)13/h3-6,8-9,15,17H,7H2,1-2H3,(H2,14,16)/t8?,9-/m1/s1. The molecule has 0 aliphatic rings. The second-order valence-electron chi connectivity index (χ2n) is 4.11. The number of nitrogens with zero attached hydrogens (tertiary/aromatic N) is 1. The van der Waals surface area contributed by atoms with E-state index < -0.39 is 0 Å². The van der Waals surface area contributed by atoms with Gasteiger partial charge >= 0.3 is 0 Å². The number of hydrogen-bond acceptors (Lipinski definition) is 3. The largest absolute Gasteiger partial charge is 0.409 e. The van der Waals surface area contributed by atoms with E-state index in [1.54, 1.807) is 18.2 Å². The van der Waals surface area contributed by atoms with Crippen LogP contribution in [-0.4, -0.2) is 17.1 Å². The topological polar surface area (TPSA) is 70.6 Å². The summed E-state index contributed by atoms with van der Waals surface area (Å²) >= 11 is 0. The predicted molar refractivity (Wildman–Crippen MR) is 65.4 cm³/mol. The lowest BCUT2D eigenvalue weighted by Crippen LogP contribution is -2.33. The zero-order chi connectivity index (χ0) is 12.8. The molecule has 0 bridgehead atoms. The van der Waals surface area contributed by atoms with Crippen LogP contribution in [0, 0.1) is 5.82 Å². The Labute approximate surface area is 100 Å². The summed E-state index contributed by atoms with van der Waals surface area (Å²) in [6.07, 6.45) is 0.412. The molecule has 1 aromatic carbocycles. The van der Waals surface area contributed by atoms with E-state index in [1.807, 2.05) is 13.8 Å². The lowest BCUT2D eigenvalue weighted by Gasteiger charge is -2.20. The molecule has 0 fully saturated rings. The fourth-order valence-corrected chi connectivity index (χ4v) is 1.76. The number of hydrogen-bond donors (Lipinski definition) is 3. The zero-order valence-corrected chi connectivity index (χ0v) is 10.0. The van der Waals surface area contributed by atoms with Crippen LogP contribution in [0.1, 0.15) is 31.9 Å². The Kier molecular flexibility index (Phi) is 4.90. The summed E-state index contributed by atoms with van der Waals surface area (Å²) < 4.78 is 13.5. The molecule has 0 amide bonds. The third kappa shape index (κ3) is 4.03. The Morgan fingerprint density at radius 3 is 2.71 bits per heavy atom. The molecule has 0 radical (unpaired) electrons. The summed E-state index contributed by atoms with van der Waals surface area (Å²) in [5.74, 6) is -0.0748. The number of halogens is 1. The normalized spacial score (nSPS) is 15.6. The minimum atomic E-state index is -0.233. The second kappa shape index (κ2) is 6.20. The van der Waals surface area contributed by atoms with Crippen LogP contribution >= 0.6 is 0 Å². The molecule has 4 nitrogen and oxygen atoms in total. The summed E-state index contributed by atoms with van der Waals surface area (Å²) in [7, 11) is 0. The maximum absolute atomic E-state index is 13.5. The van der Waals surface area contributed by atoms with Crippen LogP contribution < -0.4 is 11.1 Å². The fourth-order valence-electron chi connectivity index (χ4n) is 1.76. The van der Waals surface area contributed by atoms with Gasteiger partial charge in [-0.05, 0) is 19.9 Å². The van der Waals surface area contributed by atoms with Crippen LogP contribution in [0.4, 0.5) is 4.39 Å². The number of oxime groups is 1. The van der Waals surface area contributed by atoms with E-state index in [9.17, 15) is 4.39 Å². The third-order valence-corrected chi connectivity index (χ3v) is 2.55. The summed E-state index contributed by atoms with van der Waals surface area (Å²) in [6.45, 7) is 3.77. The Morgan fingerprint density at radius 2 is 2.12 bits per heavy atom. The quantitative estimate of drug-likeness (QED) is 0.318. The highest BCUT2D eigenvalue weighted by atomic mass is 19.1. The highest BCUT2D eigenvalue weighted by Gasteiger charge is 2.13. The first kappa shape index (κ1) is 13.4.